The maximum absolute atomic E-state index is 5.63. The molecule has 0 aromatic carbocycles. The summed E-state index contributed by atoms with van der Waals surface area (Å²) in [5, 5.41) is 1.24. The van der Waals surface area contributed by atoms with Crippen molar-refractivity contribution in [3.05, 3.63) is 23.5 Å². The molecule has 1 unspecified atom stereocenters. The molecule has 0 aromatic heterocycles. The van der Waals surface area contributed by atoms with Crippen molar-refractivity contribution in [3.63, 3.8) is 0 Å². The van der Waals surface area contributed by atoms with Crippen LogP contribution in [-0.4, -0.2) is 18.5 Å². The van der Waals surface area contributed by atoms with E-state index in [2.05, 4.69) is 46.3 Å². The maximum Gasteiger partial charge on any atom is 0.195 e. The van der Waals surface area contributed by atoms with Gasteiger partial charge in [-0.05, 0) is 11.2 Å². The van der Waals surface area contributed by atoms with Gasteiger partial charge < -0.3 is 4.74 Å². The molecule has 0 fully saturated rings. The minimum absolute atomic E-state index is 0.267. The molecular weight excluding hydrogens is 193 g/mol. The van der Waals surface area contributed by atoms with Crippen LogP contribution in [-0.2, 0) is 4.74 Å². The molecule has 2 nitrogen and oxygen atoms in total. The summed E-state index contributed by atoms with van der Waals surface area (Å²) >= 11 is 0. The van der Waals surface area contributed by atoms with Crippen LogP contribution in [0.5, 0.6) is 0 Å². The van der Waals surface area contributed by atoms with Gasteiger partial charge in [0.15, 0.2) is 5.90 Å². The Kier molecular flexibility index (Phi) is 2.73. The van der Waals surface area contributed by atoms with Crippen molar-refractivity contribution in [1.29, 1.82) is 0 Å². The molecule has 0 radical (unpaired) electrons. The molecule has 0 bridgehead atoms. The normalized spacial score (nSPS) is 30.6. The van der Waals surface area contributed by atoms with Gasteiger partial charge >= 0.3 is 0 Å². The topological polar surface area (TPSA) is 21.6 Å². The van der Waals surface area contributed by atoms with E-state index < -0.39 is 0 Å². The first-order valence-corrected chi connectivity index (χ1v) is 5.60. The van der Waals surface area contributed by atoms with Crippen LogP contribution in [0, 0.1) is 11.8 Å². The van der Waals surface area contributed by atoms with E-state index in [0.717, 1.165) is 12.5 Å². The first-order valence-electron chi connectivity index (χ1n) is 5.03. The van der Waals surface area contributed by atoms with Crippen molar-refractivity contribution in [2.45, 2.75) is 19.9 Å². The average molecular weight is 209 g/mol. The lowest BCUT2D eigenvalue weighted by Gasteiger charge is -2.08. The molecule has 3 atom stereocenters. The second-order valence-electron chi connectivity index (χ2n) is 4.12. The summed E-state index contributed by atoms with van der Waals surface area (Å²) in [6.07, 6.45) is 6.27. The number of rotatable bonds is 2. The molecule has 2 aliphatic rings. The molecule has 76 valence electrons. The van der Waals surface area contributed by atoms with Crippen molar-refractivity contribution in [2.24, 2.45) is 16.8 Å². The number of ether oxygens (including phenoxy) is 1. The summed E-state index contributed by atoms with van der Waals surface area (Å²) in [5.74, 6) is 1.72. The third kappa shape index (κ3) is 1.76. The zero-order valence-electron chi connectivity index (χ0n) is 8.60. The van der Waals surface area contributed by atoms with E-state index in [1.165, 1.54) is 5.31 Å². The lowest BCUT2D eigenvalue weighted by atomic mass is 10.1. The Morgan fingerprint density at radius 2 is 2.36 bits per heavy atom. The molecule has 1 heterocycles. The lowest BCUT2D eigenvalue weighted by Crippen LogP contribution is -2.13. The number of hydrogen-bond donors (Lipinski definition) is 0. The second-order valence-corrected chi connectivity index (χ2v) is 4.79. The molecule has 14 heavy (non-hydrogen) atoms. The standard InChI is InChI=1S/C11H16NOP/c1-7(2)9-6-13-11(12-9)8-4-3-5-10(8)14/h3-5,7-9H,6,14H2,1-2H3/t8-,9-/m1/s1. The van der Waals surface area contributed by atoms with E-state index in [1.54, 1.807) is 0 Å². The Morgan fingerprint density at radius 1 is 1.57 bits per heavy atom. The van der Waals surface area contributed by atoms with Crippen LogP contribution < -0.4 is 0 Å². The first kappa shape index (κ1) is 9.92. The third-order valence-corrected chi connectivity index (χ3v) is 3.23. The van der Waals surface area contributed by atoms with Crippen molar-refractivity contribution >= 4 is 15.1 Å². The molecule has 1 aliphatic heterocycles. The monoisotopic (exact) mass is 209 g/mol. The van der Waals surface area contributed by atoms with Crippen molar-refractivity contribution in [3.8, 4) is 0 Å². The summed E-state index contributed by atoms with van der Waals surface area (Å²) in [5.41, 5.74) is 0. The lowest BCUT2D eigenvalue weighted by molar-refractivity contribution is 0.284. The van der Waals surface area contributed by atoms with E-state index in [-0.39, 0.29) is 5.92 Å². The quantitative estimate of drug-likeness (QED) is 0.640. The van der Waals surface area contributed by atoms with Crippen molar-refractivity contribution in [1.82, 2.24) is 0 Å². The molecule has 0 amide bonds. The second kappa shape index (κ2) is 3.86. The van der Waals surface area contributed by atoms with Gasteiger partial charge in [0.05, 0.1) is 12.0 Å². The average Bonchev–Trinajstić information content (AvgIpc) is 2.71. The van der Waals surface area contributed by atoms with Crippen LogP contribution in [0.3, 0.4) is 0 Å². The minimum atomic E-state index is 0.267. The van der Waals surface area contributed by atoms with Gasteiger partial charge in [0.1, 0.15) is 6.61 Å². The van der Waals surface area contributed by atoms with Gasteiger partial charge in [0.25, 0.3) is 0 Å². The van der Waals surface area contributed by atoms with E-state index in [4.69, 9.17) is 4.74 Å². The van der Waals surface area contributed by atoms with Gasteiger partial charge in [-0.1, -0.05) is 32.1 Å². The Bertz CT molecular complexity index is 317. The molecule has 0 N–H and O–H groups in total. The van der Waals surface area contributed by atoms with Crippen LogP contribution in [0.15, 0.2) is 28.5 Å². The van der Waals surface area contributed by atoms with Crippen molar-refractivity contribution < 1.29 is 4.74 Å². The maximum atomic E-state index is 5.63. The Morgan fingerprint density at radius 3 is 2.86 bits per heavy atom. The first-order chi connectivity index (χ1) is 6.68. The highest BCUT2D eigenvalue weighted by Crippen LogP contribution is 2.29. The fourth-order valence-electron chi connectivity index (χ4n) is 1.64. The summed E-state index contributed by atoms with van der Waals surface area (Å²) < 4.78 is 5.63. The number of aliphatic imine (C=N–C) groups is 1. The van der Waals surface area contributed by atoms with Gasteiger partial charge in [0, 0.05) is 0 Å². The molecular formula is C11H16NOP. The van der Waals surface area contributed by atoms with E-state index in [1.807, 2.05) is 0 Å². The molecule has 0 saturated heterocycles. The predicted molar refractivity (Wildman–Crippen MR) is 62.4 cm³/mol. The van der Waals surface area contributed by atoms with Crippen LogP contribution in [0.2, 0.25) is 0 Å². The molecule has 1 aliphatic carbocycles. The molecule has 3 heteroatoms. The summed E-state index contributed by atoms with van der Waals surface area (Å²) in [6, 6.07) is 0.344. The highest BCUT2D eigenvalue weighted by Gasteiger charge is 2.28. The fourth-order valence-corrected chi connectivity index (χ4v) is 2.00. The zero-order chi connectivity index (χ0) is 10.1. The minimum Gasteiger partial charge on any atom is -0.478 e. The fraction of sp³-hybridized carbons (Fsp3) is 0.545. The van der Waals surface area contributed by atoms with Crippen molar-refractivity contribution in [2.75, 3.05) is 6.61 Å². The highest BCUT2D eigenvalue weighted by molar-refractivity contribution is 7.22. The summed E-state index contributed by atoms with van der Waals surface area (Å²) in [7, 11) is 2.74. The summed E-state index contributed by atoms with van der Waals surface area (Å²) in [6.45, 7) is 5.11. The highest BCUT2D eigenvalue weighted by atomic mass is 31.0. The third-order valence-electron chi connectivity index (χ3n) is 2.68. The Labute approximate surface area is 87.3 Å². The number of allylic oxidation sites excluding steroid dienone is 2. The number of hydrogen-bond acceptors (Lipinski definition) is 2. The van der Waals surface area contributed by atoms with Gasteiger partial charge in [-0.15, -0.1) is 9.24 Å². The number of nitrogens with zero attached hydrogens (tertiary/aromatic N) is 1. The van der Waals surface area contributed by atoms with Gasteiger partial charge in [-0.2, -0.15) is 0 Å². The SMILES string of the molecule is CC(C)[C@H]1COC([C@@H]2C=CC=C2P)=N1. The van der Waals surface area contributed by atoms with Gasteiger partial charge in [-0.25, -0.2) is 4.99 Å². The van der Waals surface area contributed by atoms with E-state index >= 15 is 0 Å². The van der Waals surface area contributed by atoms with Crippen LogP contribution >= 0.6 is 9.24 Å². The zero-order valence-corrected chi connectivity index (χ0v) is 9.76. The van der Waals surface area contributed by atoms with Crippen LogP contribution in [0.1, 0.15) is 13.8 Å². The van der Waals surface area contributed by atoms with Gasteiger partial charge in [-0.3, -0.25) is 0 Å². The van der Waals surface area contributed by atoms with E-state index in [0.29, 0.717) is 12.0 Å². The largest absolute Gasteiger partial charge is 0.478 e. The van der Waals surface area contributed by atoms with Crippen LogP contribution in [0.4, 0.5) is 0 Å². The Hall–Kier alpha value is -0.620. The molecule has 0 spiro atoms. The molecule has 2 rings (SSSR count). The van der Waals surface area contributed by atoms with Gasteiger partial charge in [0.2, 0.25) is 0 Å². The van der Waals surface area contributed by atoms with E-state index in [9.17, 15) is 0 Å². The summed E-state index contributed by atoms with van der Waals surface area (Å²) in [4.78, 5) is 4.61. The predicted octanol–water partition coefficient (Wildman–Crippen LogP) is 2.38. The Balaban J connectivity index is 2.10. The molecule has 0 aromatic rings. The van der Waals surface area contributed by atoms with Crippen LogP contribution in [0.25, 0.3) is 0 Å². The smallest absolute Gasteiger partial charge is 0.195 e. The molecule has 0 saturated carbocycles.